The first-order valence-electron chi connectivity index (χ1n) is 8.02. The van der Waals surface area contributed by atoms with E-state index in [1.54, 1.807) is 41.1 Å². The van der Waals surface area contributed by atoms with E-state index < -0.39 is 0 Å². The zero-order valence-electron chi connectivity index (χ0n) is 13.9. The largest absolute Gasteiger partial charge is 0.296 e. The molecule has 0 aliphatic rings. The van der Waals surface area contributed by atoms with Crippen LogP contribution in [0.4, 0.5) is 5.13 Å². The lowest BCUT2D eigenvalue weighted by atomic mass is 10.1. The van der Waals surface area contributed by atoms with Crippen molar-refractivity contribution in [2.75, 3.05) is 5.32 Å². The van der Waals surface area contributed by atoms with E-state index in [9.17, 15) is 4.79 Å². The van der Waals surface area contributed by atoms with Gasteiger partial charge in [0.05, 0.1) is 11.6 Å². The third kappa shape index (κ3) is 3.53. The highest BCUT2D eigenvalue weighted by Gasteiger charge is 2.19. The number of halogens is 1. The molecule has 3 aromatic heterocycles. The van der Waals surface area contributed by atoms with Crippen molar-refractivity contribution in [2.45, 2.75) is 6.42 Å². The summed E-state index contributed by atoms with van der Waals surface area (Å²) in [5.41, 5.74) is 2.57. The fraction of sp³-hybridized carbons (Fsp3) is 0.0526. The molecule has 4 aromatic rings. The van der Waals surface area contributed by atoms with Gasteiger partial charge in [-0.25, -0.2) is 9.97 Å². The van der Waals surface area contributed by atoms with Gasteiger partial charge in [0.15, 0.2) is 16.0 Å². The van der Waals surface area contributed by atoms with E-state index in [-0.39, 0.29) is 16.8 Å². The Morgan fingerprint density at radius 2 is 2.07 bits per heavy atom. The van der Waals surface area contributed by atoms with Crippen LogP contribution in [0.15, 0.2) is 54.9 Å². The molecule has 6 nitrogen and oxygen atoms in total. The average Bonchev–Trinajstić information content (AvgIpc) is 3.25. The van der Waals surface area contributed by atoms with Crippen LogP contribution < -0.4 is 5.32 Å². The Hall–Kier alpha value is -3.21. The lowest BCUT2D eigenvalue weighted by Gasteiger charge is -2.02. The van der Waals surface area contributed by atoms with Crippen molar-refractivity contribution in [2.24, 2.45) is 0 Å². The number of fused-ring (bicyclic) bond motifs is 1. The number of carbonyl (C=O) groups is 1. The number of pyridine rings is 1. The summed E-state index contributed by atoms with van der Waals surface area (Å²) < 4.78 is 1.64. The van der Waals surface area contributed by atoms with Gasteiger partial charge >= 0.3 is 0 Å². The van der Waals surface area contributed by atoms with Crippen LogP contribution in [0.2, 0.25) is 5.15 Å². The van der Waals surface area contributed by atoms with E-state index >= 15 is 0 Å². The Kier molecular flexibility index (Phi) is 4.59. The van der Waals surface area contributed by atoms with Gasteiger partial charge in [0, 0.05) is 23.7 Å². The first-order valence-corrected chi connectivity index (χ1v) is 9.21. The maximum Gasteiger partial charge on any atom is 0.277 e. The SMILES string of the molecule is N#Cc1ccc(Cc2cnc(NC(=O)c3c(Cl)nc4ccccn34)s2)cc1. The number of carbonyl (C=O) groups excluding carboxylic acids is 1. The molecule has 0 atom stereocenters. The second kappa shape index (κ2) is 7.19. The maximum absolute atomic E-state index is 12.6. The highest BCUT2D eigenvalue weighted by Crippen LogP contribution is 2.24. The second-order valence-corrected chi connectivity index (χ2v) is 7.22. The predicted octanol–water partition coefficient (Wildman–Crippen LogP) is 4.16. The Morgan fingerprint density at radius 1 is 1.26 bits per heavy atom. The number of benzene rings is 1. The van der Waals surface area contributed by atoms with Gasteiger partial charge in [-0.05, 0) is 29.8 Å². The van der Waals surface area contributed by atoms with Crippen LogP contribution >= 0.6 is 22.9 Å². The number of nitrogens with one attached hydrogen (secondary N) is 1. The molecule has 0 bridgehead atoms. The molecule has 0 spiro atoms. The molecule has 0 saturated heterocycles. The summed E-state index contributed by atoms with van der Waals surface area (Å²) in [6, 6.07) is 14.9. The minimum atomic E-state index is -0.363. The van der Waals surface area contributed by atoms with Crippen molar-refractivity contribution in [3.05, 3.63) is 81.7 Å². The van der Waals surface area contributed by atoms with Gasteiger partial charge in [-0.15, -0.1) is 11.3 Å². The molecule has 1 aromatic carbocycles. The molecule has 0 fully saturated rings. The molecule has 0 aliphatic carbocycles. The van der Waals surface area contributed by atoms with Gasteiger partial charge in [0.1, 0.15) is 5.65 Å². The van der Waals surface area contributed by atoms with Crippen molar-refractivity contribution in [3.8, 4) is 6.07 Å². The summed E-state index contributed by atoms with van der Waals surface area (Å²) in [5, 5.41) is 12.3. The average molecular weight is 394 g/mol. The van der Waals surface area contributed by atoms with Gasteiger partial charge in [-0.1, -0.05) is 29.8 Å². The zero-order valence-corrected chi connectivity index (χ0v) is 15.5. The van der Waals surface area contributed by atoms with Crippen molar-refractivity contribution in [3.63, 3.8) is 0 Å². The fourth-order valence-corrected chi connectivity index (χ4v) is 3.78. The van der Waals surface area contributed by atoms with Crippen molar-refractivity contribution in [1.82, 2.24) is 14.4 Å². The lowest BCUT2D eigenvalue weighted by Crippen LogP contribution is -2.14. The molecule has 0 unspecified atom stereocenters. The molecule has 132 valence electrons. The summed E-state index contributed by atoms with van der Waals surface area (Å²) in [6.07, 6.45) is 4.14. The molecule has 0 saturated carbocycles. The van der Waals surface area contributed by atoms with Crippen LogP contribution in [0.3, 0.4) is 0 Å². The first kappa shape index (κ1) is 17.2. The fourth-order valence-electron chi connectivity index (χ4n) is 2.67. The number of anilines is 1. The topological polar surface area (TPSA) is 83.1 Å². The second-order valence-electron chi connectivity index (χ2n) is 5.75. The maximum atomic E-state index is 12.6. The van der Waals surface area contributed by atoms with E-state index in [1.165, 1.54) is 11.3 Å². The number of rotatable bonds is 4. The van der Waals surface area contributed by atoms with Crippen LogP contribution in [0.5, 0.6) is 0 Å². The number of thiazole rings is 1. The summed E-state index contributed by atoms with van der Waals surface area (Å²) in [7, 11) is 0. The molecule has 1 amide bonds. The Morgan fingerprint density at radius 3 is 2.85 bits per heavy atom. The third-order valence-corrected chi connectivity index (χ3v) is 5.11. The lowest BCUT2D eigenvalue weighted by molar-refractivity contribution is 0.102. The van der Waals surface area contributed by atoms with Gasteiger partial charge in [0.2, 0.25) is 0 Å². The van der Waals surface area contributed by atoms with Gasteiger partial charge in [-0.3, -0.25) is 14.5 Å². The summed E-state index contributed by atoms with van der Waals surface area (Å²) in [6.45, 7) is 0. The zero-order chi connectivity index (χ0) is 18.8. The first-order chi connectivity index (χ1) is 13.1. The smallest absolute Gasteiger partial charge is 0.277 e. The van der Waals surface area contributed by atoms with Crippen molar-refractivity contribution < 1.29 is 4.79 Å². The van der Waals surface area contributed by atoms with Crippen LogP contribution in [0.1, 0.15) is 26.5 Å². The monoisotopic (exact) mass is 393 g/mol. The quantitative estimate of drug-likeness (QED) is 0.564. The molecular weight excluding hydrogens is 382 g/mol. The van der Waals surface area contributed by atoms with E-state index in [1.807, 2.05) is 18.2 Å². The molecular formula is C19H12ClN5OS. The number of nitrogens with zero attached hydrogens (tertiary/aromatic N) is 4. The van der Waals surface area contributed by atoms with E-state index in [0.717, 1.165) is 10.4 Å². The molecule has 27 heavy (non-hydrogen) atoms. The molecule has 3 heterocycles. The molecule has 0 radical (unpaired) electrons. The van der Waals surface area contributed by atoms with Gasteiger partial charge in [-0.2, -0.15) is 5.26 Å². The highest BCUT2D eigenvalue weighted by atomic mass is 35.5. The van der Waals surface area contributed by atoms with Gasteiger partial charge in [0.25, 0.3) is 5.91 Å². The van der Waals surface area contributed by atoms with Crippen LogP contribution in [0, 0.1) is 11.3 Å². The Bertz CT molecular complexity index is 1170. The van der Waals surface area contributed by atoms with Gasteiger partial charge < -0.3 is 0 Å². The molecule has 0 aliphatic heterocycles. The van der Waals surface area contributed by atoms with Crippen molar-refractivity contribution in [1.29, 1.82) is 5.26 Å². The number of hydrogen-bond acceptors (Lipinski definition) is 5. The van der Waals surface area contributed by atoms with E-state index in [4.69, 9.17) is 16.9 Å². The molecule has 1 N–H and O–H groups in total. The number of imidazole rings is 1. The summed E-state index contributed by atoms with van der Waals surface area (Å²) in [4.78, 5) is 22.1. The van der Waals surface area contributed by atoms with Crippen LogP contribution in [-0.2, 0) is 6.42 Å². The minimum Gasteiger partial charge on any atom is -0.296 e. The molecule has 4 rings (SSSR count). The number of aromatic nitrogens is 3. The van der Waals surface area contributed by atoms with E-state index in [2.05, 4.69) is 21.4 Å². The number of nitriles is 1. The normalized spacial score (nSPS) is 10.7. The number of amides is 1. The van der Waals surface area contributed by atoms with E-state index in [0.29, 0.717) is 22.8 Å². The summed E-state index contributed by atoms with van der Waals surface area (Å²) in [5.74, 6) is -0.363. The third-order valence-electron chi connectivity index (χ3n) is 3.94. The standard InChI is InChI=1S/C19H12ClN5OS/c20-17-16(25-8-2-1-3-15(25)23-17)18(26)24-19-22-11-14(27-19)9-12-4-6-13(10-21)7-5-12/h1-8,11H,9H2,(H,22,24,26). The summed E-state index contributed by atoms with van der Waals surface area (Å²) >= 11 is 7.53. The van der Waals surface area contributed by atoms with Crippen molar-refractivity contribution >= 4 is 39.6 Å². The van der Waals surface area contributed by atoms with Crippen LogP contribution in [-0.4, -0.2) is 20.3 Å². The molecule has 8 heteroatoms. The Balaban J connectivity index is 1.51. The Labute approximate surface area is 163 Å². The minimum absolute atomic E-state index is 0.146. The number of hydrogen-bond donors (Lipinski definition) is 1. The highest BCUT2D eigenvalue weighted by molar-refractivity contribution is 7.15. The van der Waals surface area contributed by atoms with Crippen LogP contribution in [0.25, 0.3) is 5.65 Å². The predicted molar refractivity (Wildman–Crippen MR) is 104 cm³/mol.